The van der Waals surface area contributed by atoms with Gasteiger partial charge in [0.2, 0.25) is 5.91 Å². The molecule has 20 heavy (non-hydrogen) atoms. The first kappa shape index (κ1) is 13.2. The number of carbonyl (C=O) groups is 1. The van der Waals surface area contributed by atoms with Crippen LogP contribution in [-0.2, 0) is 11.2 Å². The van der Waals surface area contributed by atoms with Gasteiger partial charge in [-0.05, 0) is 37.7 Å². The highest BCUT2D eigenvalue weighted by atomic mass is 16.5. The molecule has 0 radical (unpaired) electrons. The van der Waals surface area contributed by atoms with Crippen molar-refractivity contribution < 1.29 is 9.32 Å². The molecule has 4 heteroatoms. The number of carbonyl (C=O) groups excluding carboxylic acids is 1. The van der Waals surface area contributed by atoms with E-state index in [-0.39, 0.29) is 11.9 Å². The van der Waals surface area contributed by atoms with Gasteiger partial charge in [-0.1, -0.05) is 29.8 Å². The standard InChI is InChI=1S/C16H20N2O2/c19-15-9-5-4-8-14(17-15)10-13-11-20-18-16(13)12-6-2-1-3-7-12/h2,6-7,11,14H,1,3-5,8-10H2,(H,17,19). The lowest BCUT2D eigenvalue weighted by Gasteiger charge is -2.15. The second-order valence-electron chi connectivity index (χ2n) is 5.54. The van der Waals surface area contributed by atoms with E-state index in [2.05, 4.69) is 28.7 Å². The van der Waals surface area contributed by atoms with Crippen LogP contribution in [0.4, 0.5) is 0 Å². The second-order valence-corrected chi connectivity index (χ2v) is 5.54. The molecule has 1 aromatic rings. The van der Waals surface area contributed by atoms with Crippen LogP contribution in [0.15, 0.2) is 29.0 Å². The number of nitrogens with zero attached hydrogens (tertiary/aromatic N) is 1. The zero-order valence-corrected chi connectivity index (χ0v) is 11.6. The molecule has 4 nitrogen and oxygen atoms in total. The molecule has 0 aromatic carbocycles. The molecule has 3 rings (SSSR count). The van der Waals surface area contributed by atoms with Crippen LogP contribution >= 0.6 is 0 Å². The van der Waals surface area contributed by atoms with E-state index in [0.717, 1.165) is 55.4 Å². The molecule has 1 amide bonds. The summed E-state index contributed by atoms with van der Waals surface area (Å²) < 4.78 is 5.16. The van der Waals surface area contributed by atoms with E-state index in [1.54, 1.807) is 6.26 Å². The van der Waals surface area contributed by atoms with E-state index < -0.39 is 0 Å². The van der Waals surface area contributed by atoms with Gasteiger partial charge >= 0.3 is 0 Å². The Hall–Kier alpha value is -1.84. The smallest absolute Gasteiger partial charge is 0.220 e. The monoisotopic (exact) mass is 272 g/mol. The molecule has 1 unspecified atom stereocenters. The molecule has 1 fully saturated rings. The Morgan fingerprint density at radius 1 is 1.35 bits per heavy atom. The molecule has 1 N–H and O–H groups in total. The van der Waals surface area contributed by atoms with Crippen LogP contribution in [-0.4, -0.2) is 17.1 Å². The van der Waals surface area contributed by atoms with Gasteiger partial charge in [0.1, 0.15) is 12.0 Å². The summed E-state index contributed by atoms with van der Waals surface area (Å²) in [6.07, 6.45) is 14.9. The molecule has 1 atom stereocenters. The van der Waals surface area contributed by atoms with E-state index >= 15 is 0 Å². The Morgan fingerprint density at radius 3 is 3.15 bits per heavy atom. The number of hydrogen-bond acceptors (Lipinski definition) is 3. The van der Waals surface area contributed by atoms with E-state index in [4.69, 9.17) is 4.52 Å². The summed E-state index contributed by atoms with van der Waals surface area (Å²) in [5.74, 6) is 0.169. The number of rotatable bonds is 3. The summed E-state index contributed by atoms with van der Waals surface area (Å²) in [5, 5.41) is 7.24. The Balaban J connectivity index is 1.74. The lowest BCUT2D eigenvalue weighted by Crippen LogP contribution is -2.34. The number of nitrogens with one attached hydrogen (secondary N) is 1. The summed E-state index contributed by atoms with van der Waals surface area (Å²) in [6.45, 7) is 0. The average Bonchev–Trinajstić information content (AvgIpc) is 2.82. The number of amides is 1. The molecule has 0 saturated carbocycles. The van der Waals surface area contributed by atoms with Gasteiger partial charge in [-0.15, -0.1) is 0 Å². The van der Waals surface area contributed by atoms with Crippen LogP contribution in [0.3, 0.4) is 0 Å². The highest BCUT2D eigenvalue weighted by molar-refractivity contribution is 5.77. The third kappa shape index (κ3) is 3.00. The SMILES string of the molecule is O=C1CCCCC(Cc2conc2C2=CCCC=C2)N1. The average molecular weight is 272 g/mol. The predicted molar refractivity (Wildman–Crippen MR) is 77.0 cm³/mol. The highest BCUT2D eigenvalue weighted by Crippen LogP contribution is 2.25. The van der Waals surface area contributed by atoms with Crippen molar-refractivity contribution in [2.45, 2.75) is 51.0 Å². The highest BCUT2D eigenvalue weighted by Gasteiger charge is 2.20. The Kier molecular flexibility index (Phi) is 4.00. The van der Waals surface area contributed by atoms with E-state index in [9.17, 15) is 4.79 Å². The summed E-state index contributed by atoms with van der Waals surface area (Å²) in [4.78, 5) is 11.6. The number of aromatic nitrogens is 1. The molecule has 2 aliphatic rings. The molecule has 1 aromatic heterocycles. The van der Waals surface area contributed by atoms with Crippen LogP contribution < -0.4 is 5.32 Å². The van der Waals surface area contributed by atoms with Gasteiger partial charge in [-0.25, -0.2) is 0 Å². The molecule has 1 saturated heterocycles. The summed E-state index contributed by atoms with van der Waals surface area (Å²) in [6, 6.07) is 0.205. The minimum atomic E-state index is 0.169. The molecule has 1 aliphatic heterocycles. The fourth-order valence-corrected chi connectivity index (χ4v) is 2.90. The largest absolute Gasteiger partial charge is 0.364 e. The Bertz CT molecular complexity index is 542. The first-order valence-corrected chi connectivity index (χ1v) is 7.42. The van der Waals surface area contributed by atoms with Gasteiger partial charge in [0.15, 0.2) is 0 Å². The maximum absolute atomic E-state index is 11.6. The number of allylic oxidation sites excluding steroid dienone is 4. The van der Waals surface area contributed by atoms with Gasteiger partial charge < -0.3 is 9.84 Å². The minimum Gasteiger partial charge on any atom is -0.364 e. The molecular formula is C16H20N2O2. The van der Waals surface area contributed by atoms with E-state index in [1.165, 1.54) is 0 Å². The molecule has 0 bridgehead atoms. The molecule has 0 spiro atoms. The molecule has 1 aliphatic carbocycles. The van der Waals surface area contributed by atoms with Gasteiger partial charge in [0, 0.05) is 18.0 Å². The van der Waals surface area contributed by atoms with Crippen LogP contribution in [0, 0.1) is 0 Å². The summed E-state index contributed by atoms with van der Waals surface area (Å²) >= 11 is 0. The Morgan fingerprint density at radius 2 is 2.30 bits per heavy atom. The molecular weight excluding hydrogens is 252 g/mol. The topological polar surface area (TPSA) is 55.1 Å². The van der Waals surface area contributed by atoms with E-state index in [1.807, 2.05) is 0 Å². The maximum atomic E-state index is 11.6. The van der Waals surface area contributed by atoms with Crippen molar-refractivity contribution in [1.29, 1.82) is 0 Å². The van der Waals surface area contributed by atoms with Gasteiger partial charge in [-0.3, -0.25) is 4.79 Å². The Labute approximate surface area is 118 Å². The first-order valence-electron chi connectivity index (χ1n) is 7.42. The third-order valence-electron chi connectivity index (χ3n) is 3.95. The van der Waals surface area contributed by atoms with Gasteiger partial charge in [0.25, 0.3) is 0 Å². The first-order chi connectivity index (χ1) is 9.83. The van der Waals surface area contributed by atoms with Crippen molar-refractivity contribution in [3.63, 3.8) is 0 Å². The fourth-order valence-electron chi connectivity index (χ4n) is 2.90. The number of hydrogen-bond donors (Lipinski definition) is 1. The fraction of sp³-hybridized carbons (Fsp3) is 0.500. The second kappa shape index (κ2) is 6.07. The zero-order valence-electron chi connectivity index (χ0n) is 11.6. The predicted octanol–water partition coefficient (Wildman–Crippen LogP) is 3.01. The molecule has 106 valence electrons. The van der Waals surface area contributed by atoms with Gasteiger partial charge in [0.05, 0.1) is 0 Å². The van der Waals surface area contributed by atoms with Crippen LogP contribution in [0.5, 0.6) is 0 Å². The molecule has 2 heterocycles. The maximum Gasteiger partial charge on any atom is 0.220 e. The third-order valence-corrected chi connectivity index (χ3v) is 3.95. The van der Waals surface area contributed by atoms with Crippen LogP contribution in [0.25, 0.3) is 5.57 Å². The van der Waals surface area contributed by atoms with Crippen LogP contribution in [0.2, 0.25) is 0 Å². The minimum absolute atomic E-state index is 0.169. The van der Waals surface area contributed by atoms with Crippen molar-refractivity contribution in [1.82, 2.24) is 10.5 Å². The van der Waals surface area contributed by atoms with Crippen molar-refractivity contribution >= 4 is 11.5 Å². The van der Waals surface area contributed by atoms with E-state index in [0.29, 0.717) is 6.42 Å². The van der Waals surface area contributed by atoms with Gasteiger partial charge in [-0.2, -0.15) is 0 Å². The van der Waals surface area contributed by atoms with Crippen LogP contribution in [0.1, 0.15) is 49.8 Å². The van der Waals surface area contributed by atoms with Crippen molar-refractivity contribution in [2.75, 3.05) is 0 Å². The summed E-state index contributed by atoms with van der Waals surface area (Å²) in [7, 11) is 0. The zero-order chi connectivity index (χ0) is 13.8. The van der Waals surface area contributed by atoms with Crippen molar-refractivity contribution in [3.8, 4) is 0 Å². The quantitative estimate of drug-likeness (QED) is 0.920. The van der Waals surface area contributed by atoms with Crippen molar-refractivity contribution in [3.05, 3.63) is 35.7 Å². The van der Waals surface area contributed by atoms with Crippen molar-refractivity contribution in [2.24, 2.45) is 0 Å². The normalized spacial score (nSPS) is 23.1. The summed E-state index contributed by atoms with van der Waals surface area (Å²) in [5.41, 5.74) is 3.16. The lowest BCUT2D eigenvalue weighted by molar-refractivity contribution is -0.121. The lowest BCUT2D eigenvalue weighted by atomic mass is 9.97.